The van der Waals surface area contributed by atoms with Gasteiger partial charge in [-0.1, -0.05) is 0 Å². The van der Waals surface area contributed by atoms with E-state index in [4.69, 9.17) is 5.26 Å². The van der Waals surface area contributed by atoms with Crippen LogP contribution in [0.4, 0.5) is 19.0 Å². The first-order chi connectivity index (χ1) is 8.93. The molecule has 1 unspecified atom stereocenters. The van der Waals surface area contributed by atoms with Gasteiger partial charge in [0.25, 0.3) is 0 Å². The molecule has 19 heavy (non-hydrogen) atoms. The summed E-state index contributed by atoms with van der Waals surface area (Å²) in [5.41, 5.74) is -0.797. The molecule has 0 radical (unpaired) electrons. The number of hydrogen-bond acceptors (Lipinski definition) is 4. The summed E-state index contributed by atoms with van der Waals surface area (Å²) in [4.78, 5) is 5.38. The molecular formula is C12H13F3N4. The van der Waals surface area contributed by atoms with E-state index in [9.17, 15) is 13.2 Å². The van der Waals surface area contributed by atoms with Crippen molar-refractivity contribution >= 4 is 5.82 Å². The molecule has 2 rings (SSSR count). The Kier molecular flexibility index (Phi) is 3.62. The first-order valence-electron chi connectivity index (χ1n) is 5.89. The van der Waals surface area contributed by atoms with Crippen molar-refractivity contribution in [1.82, 2.24) is 10.3 Å². The summed E-state index contributed by atoms with van der Waals surface area (Å²) in [6.45, 7) is 3.73. The number of rotatable bonds is 1. The lowest BCUT2D eigenvalue weighted by atomic mass is 10.1. The molecule has 1 atom stereocenters. The molecule has 0 aromatic carbocycles. The first-order valence-corrected chi connectivity index (χ1v) is 5.89. The highest BCUT2D eigenvalue weighted by Gasteiger charge is 2.34. The van der Waals surface area contributed by atoms with Crippen molar-refractivity contribution in [2.45, 2.75) is 19.1 Å². The summed E-state index contributed by atoms with van der Waals surface area (Å²) >= 11 is 0. The quantitative estimate of drug-likeness (QED) is 0.845. The van der Waals surface area contributed by atoms with E-state index in [-0.39, 0.29) is 17.4 Å². The number of pyridine rings is 1. The van der Waals surface area contributed by atoms with Crippen LogP contribution in [0.1, 0.15) is 18.2 Å². The summed E-state index contributed by atoms with van der Waals surface area (Å²) < 4.78 is 38.1. The molecule has 1 saturated heterocycles. The molecule has 0 bridgehead atoms. The predicted octanol–water partition coefficient (Wildman–Crippen LogP) is 1.77. The number of piperazine rings is 1. The van der Waals surface area contributed by atoms with E-state index in [1.807, 2.05) is 13.0 Å². The van der Waals surface area contributed by atoms with Gasteiger partial charge in [0.2, 0.25) is 0 Å². The van der Waals surface area contributed by atoms with Crippen molar-refractivity contribution in [3.8, 4) is 6.07 Å². The molecule has 1 N–H and O–H groups in total. The highest BCUT2D eigenvalue weighted by atomic mass is 19.4. The van der Waals surface area contributed by atoms with Crippen molar-refractivity contribution in [3.63, 3.8) is 0 Å². The van der Waals surface area contributed by atoms with Gasteiger partial charge in [0.1, 0.15) is 17.6 Å². The highest BCUT2D eigenvalue weighted by Crippen LogP contribution is 2.31. The van der Waals surface area contributed by atoms with Gasteiger partial charge in [-0.15, -0.1) is 0 Å². The molecule has 1 aromatic heterocycles. The number of alkyl halides is 3. The fraction of sp³-hybridized carbons (Fsp3) is 0.500. The van der Waals surface area contributed by atoms with Gasteiger partial charge in [-0.05, 0) is 19.1 Å². The van der Waals surface area contributed by atoms with E-state index in [2.05, 4.69) is 10.3 Å². The number of nitriles is 1. The molecule has 1 aromatic rings. The van der Waals surface area contributed by atoms with Gasteiger partial charge in [-0.2, -0.15) is 18.4 Å². The molecule has 2 heterocycles. The van der Waals surface area contributed by atoms with Crippen molar-refractivity contribution in [2.24, 2.45) is 0 Å². The van der Waals surface area contributed by atoms with Gasteiger partial charge < -0.3 is 10.2 Å². The van der Waals surface area contributed by atoms with Crippen LogP contribution in [0.15, 0.2) is 12.1 Å². The maximum atomic E-state index is 12.7. The van der Waals surface area contributed by atoms with Crippen molar-refractivity contribution in [2.75, 3.05) is 24.5 Å². The average Bonchev–Trinajstić information content (AvgIpc) is 2.37. The molecular weight excluding hydrogens is 257 g/mol. The standard InChI is InChI=1S/C12H13F3N4/c1-8-7-17-4-5-19(8)11-9(6-16)2-3-10(18-11)12(13,14)15/h2-3,8,17H,4-5,7H2,1H3. The third-order valence-electron chi connectivity index (χ3n) is 3.06. The molecule has 1 aliphatic rings. The van der Waals surface area contributed by atoms with Gasteiger partial charge in [0, 0.05) is 25.7 Å². The molecule has 0 spiro atoms. The largest absolute Gasteiger partial charge is 0.433 e. The van der Waals surface area contributed by atoms with Gasteiger partial charge in [0.05, 0.1) is 5.56 Å². The Balaban J connectivity index is 2.44. The van der Waals surface area contributed by atoms with E-state index in [1.165, 1.54) is 6.07 Å². The van der Waals surface area contributed by atoms with Crippen LogP contribution < -0.4 is 10.2 Å². The first kappa shape index (κ1) is 13.6. The number of aromatic nitrogens is 1. The molecule has 7 heteroatoms. The van der Waals surface area contributed by atoms with Gasteiger partial charge >= 0.3 is 6.18 Å². The second-order valence-corrected chi connectivity index (χ2v) is 4.42. The lowest BCUT2D eigenvalue weighted by Crippen LogP contribution is -2.50. The van der Waals surface area contributed by atoms with Crippen LogP contribution in [-0.2, 0) is 6.18 Å². The van der Waals surface area contributed by atoms with Crippen LogP contribution in [0.25, 0.3) is 0 Å². The Bertz CT molecular complexity index is 507. The lowest BCUT2D eigenvalue weighted by Gasteiger charge is -2.35. The summed E-state index contributed by atoms with van der Waals surface area (Å²) in [5, 5.41) is 12.2. The van der Waals surface area contributed by atoms with Crippen molar-refractivity contribution < 1.29 is 13.2 Å². The fourth-order valence-corrected chi connectivity index (χ4v) is 2.07. The third kappa shape index (κ3) is 2.79. The van der Waals surface area contributed by atoms with E-state index < -0.39 is 11.9 Å². The molecule has 0 amide bonds. The number of anilines is 1. The Morgan fingerprint density at radius 1 is 1.47 bits per heavy atom. The minimum atomic E-state index is -4.50. The van der Waals surface area contributed by atoms with Crippen LogP contribution in [-0.4, -0.2) is 30.7 Å². The Labute approximate surface area is 108 Å². The maximum absolute atomic E-state index is 12.7. The second kappa shape index (κ2) is 5.05. The van der Waals surface area contributed by atoms with Crippen LogP contribution in [0.2, 0.25) is 0 Å². The molecule has 0 aliphatic carbocycles. The third-order valence-corrected chi connectivity index (χ3v) is 3.06. The number of nitrogens with one attached hydrogen (secondary N) is 1. The number of halogens is 3. The van der Waals surface area contributed by atoms with Gasteiger partial charge in [0.15, 0.2) is 0 Å². The van der Waals surface area contributed by atoms with E-state index in [0.717, 1.165) is 6.07 Å². The van der Waals surface area contributed by atoms with Crippen molar-refractivity contribution in [1.29, 1.82) is 5.26 Å². The Hall–Kier alpha value is -1.81. The summed E-state index contributed by atoms with van der Waals surface area (Å²) in [7, 11) is 0. The summed E-state index contributed by atoms with van der Waals surface area (Å²) in [6, 6.07) is 3.92. The van der Waals surface area contributed by atoms with Crippen LogP contribution in [0, 0.1) is 11.3 Å². The minimum Gasteiger partial charge on any atom is -0.350 e. The molecule has 102 valence electrons. The Morgan fingerprint density at radius 2 is 2.21 bits per heavy atom. The minimum absolute atomic E-state index is 0.00293. The predicted molar refractivity (Wildman–Crippen MR) is 63.6 cm³/mol. The van der Waals surface area contributed by atoms with Gasteiger partial charge in [-0.3, -0.25) is 0 Å². The fourth-order valence-electron chi connectivity index (χ4n) is 2.07. The lowest BCUT2D eigenvalue weighted by molar-refractivity contribution is -0.141. The van der Waals surface area contributed by atoms with Crippen LogP contribution >= 0.6 is 0 Å². The van der Waals surface area contributed by atoms with E-state index in [1.54, 1.807) is 4.90 Å². The SMILES string of the molecule is CC1CNCCN1c1nc(C(F)(F)F)ccc1C#N. The topological polar surface area (TPSA) is 52.0 Å². The number of hydrogen-bond donors (Lipinski definition) is 1. The number of nitrogens with zero attached hydrogens (tertiary/aromatic N) is 3. The summed E-state index contributed by atoms with van der Waals surface area (Å²) in [5.74, 6) is 0.117. The zero-order valence-corrected chi connectivity index (χ0v) is 10.3. The monoisotopic (exact) mass is 270 g/mol. The zero-order chi connectivity index (χ0) is 14.0. The van der Waals surface area contributed by atoms with Gasteiger partial charge in [-0.25, -0.2) is 4.98 Å². The normalized spacial score (nSPS) is 20.2. The molecule has 1 aliphatic heterocycles. The van der Waals surface area contributed by atoms with Crippen molar-refractivity contribution in [3.05, 3.63) is 23.4 Å². The molecule has 1 fully saturated rings. The van der Waals surface area contributed by atoms with Crippen LogP contribution in [0.5, 0.6) is 0 Å². The zero-order valence-electron chi connectivity index (χ0n) is 10.3. The molecule has 0 saturated carbocycles. The molecule has 4 nitrogen and oxygen atoms in total. The summed E-state index contributed by atoms with van der Waals surface area (Å²) in [6.07, 6.45) is -4.50. The Morgan fingerprint density at radius 3 is 2.79 bits per heavy atom. The smallest absolute Gasteiger partial charge is 0.350 e. The van der Waals surface area contributed by atoms with E-state index >= 15 is 0 Å². The van der Waals surface area contributed by atoms with E-state index in [0.29, 0.717) is 19.6 Å². The highest BCUT2D eigenvalue weighted by molar-refractivity contribution is 5.55. The maximum Gasteiger partial charge on any atom is 0.433 e. The average molecular weight is 270 g/mol. The second-order valence-electron chi connectivity index (χ2n) is 4.42. The van der Waals surface area contributed by atoms with Crippen LogP contribution in [0.3, 0.4) is 0 Å².